The number of rotatable bonds is 3. The molecule has 116 valence electrons. The van der Waals surface area contributed by atoms with Crippen LogP contribution in [0, 0.1) is 5.41 Å². The Hall–Kier alpha value is -1.14. The third kappa shape index (κ3) is 3.37. The molecule has 6 heteroatoms. The Morgan fingerprint density at radius 3 is 2.86 bits per heavy atom. The number of nitrogens with zero attached hydrogens (tertiary/aromatic N) is 2. The second-order valence-electron chi connectivity index (χ2n) is 6.35. The molecule has 0 saturated carbocycles. The van der Waals surface area contributed by atoms with E-state index in [1.54, 1.807) is 13.3 Å². The SMILES string of the molecule is COc1ccc(CN2CCCC3(CCS(=O)(=O)C3)C2)nc1. The summed E-state index contributed by atoms with van der Waals surface area (Å²) in [4.78, 5) is 6.75. The fraction of sp³-hybridized carbons (Fsp3) is 0.667. The molecule has 1 spiro atoms. The average Bonchev–Trinajstić information content (AvgIpc) is 2.74. The first-order chi connectivity index (χ1) is 10.0. The largest absolute Gasteiger partial charge is 0.495 e. The zero-order chi connectivity index (χ0) is 14.9. The van der Waals surface area contributed by atoms with E-state index in [2.05, 4.69) is 9.88 Å². The van der Waals surface area contributed by atoms with Crippen molar-refractivity contribution in [2.75, 3.05) is 31.7 Å². The average molecular weight is 310 g/mol. The molecule has 2 saturated heterocycles. The van der Waals surface area contributed by atoms with Crippen molar-refractivity contribution in [1.29, 1.82) is 0 Å². The van der Waals surface area contributed by atoms with Gasteiger partial charge in [-0.1, -0.05) is 0 Å². The first-order valence-electron chi connectivity index (χ1n) is 7.42. The fourth-order valence-electron chi connectivity index (χ4n) is 3.60. The lowest BCUT2D eigenvalue weighted by molar-refractivity contribution is 0.101. The maximum atomic E-state index is 11.8. The number of aromatic nitrogens is 1. The summed E-state index contributed by atoms with van der Waals surface area (Å²) < 4.78 is 28.7. The summed E-state index contributed by atoms with van der Waals surface area (Å²) in [6.07, 6.45) is 4.67. The van der Waals surface area contributed by atoms with Crippen molar-refractivity contribution in [3.05, 3.63) is 24.0 Å². The molecule has 1 aromatic rings. The lowest BCUT2D eigenvalue weighted by Gasteiger charge is -2.39. The number of piperidine rings is 1. The minimum absolute atomic E-state index is 0.0104. The van der Waals surface area contributed by atoms with Gasteiger partial charge in [-0.15, -0.1) is 0 Å². The van der Waals surface area contributed by atoms with Crippen LogP contribution in [0.3, 0.4) is 0 Å². The van der Waals surface area contributed by atoms with E-state index in [0.717, 1.165) is 50.3 Å². The smallest absolute Gasteiger partial charge is 0.150 e. The normalized spacial score (nSPS) is 28.8. The number of hydrogen-bond acceptors (Lipinski definition) is 5. The molecule has 0 radical (unpaired) electrons. The second kappa shape index (κ2) is 5.57. The van der Waals surface area contributed by atoms with Crippen LogP contribution >= 0.6 is 0 Å². The molecule has 0 aromatic carbocycles. The zero-order valence-electron chi connectivity index (χ0n) is 12.4. The maximum absolute atomic E-state index is 11.8. The maximum Gasteiger partial charge on any atom is 0.150 e. The predicted octanol–water partition coefficient (Wildman–Crippen LogP) is 1.49. The molecular weight excluding hydrogens is 288 g/mol. The van der Waals surface area contributed by atoms with Gasteiger partial charge in [0.1, 0.15) is 5.75 Å². The Bertz CT molecular complexity index is 600. The highest BCUT2D eigenvalue weighted by atomic mass is 32.2. The van der Waals surface area contributed by atoms with Crippen molar-refractivity contribution >= 4 is 9.84 Å². The quantitative estimate of drug-likeness (QED) is 0.846. The van der Waals surface area contributed by atoms with E-state index in [9.17, 15) is 8.42 Å². The molecular formula is C15H22N2O3S. The van der Waals surface area contributed by atoms with Gasteiger partial charge in [-0.25, -0.2) is 8.42 Å². The summed E-state index contributed by atoms with van der Waals surface area (Å²) in [7, 11) is -1.19. The number of methoxy groups -OCH3 is 1. The van der Waals surface area contributed by atoms with Crippen LogP contribution in [0.2, 0.25) is 0 Å². The third-order valence-corrected chi connectivity index (χ3v) is 6.51. The van der Waals surface area contributed by atoms with Gasteiger partial charge >= 0.3 is 0 Å². The van der Waals surface area contributed by atoms with Gasteiger partial charge in [0, 0.05) is 13.1 Å². The van der Waals surface area contributed by atoms with Crippen molar-refractivity contribution < 1.29 is 13.2 Å². The molecule has 5 nitrogen and oxygen atoms in total. The van der Waals surface area contributed by atoms with Gasteiger partial charge in [-0.3, -0.25) is 9.88 Å². The van der Waals surface area contributed by atoms with Crippen LogP contribution in [0.4, 0.5) is 0 Å². The van der Waals surface area contributed by atoms with Crippen LogP contribution in [0.1, 0.15) is 25.0 Å². The summed E-state index contributed by atoms with van der Waals surface area (Å²) in [6, 6.07) is 3.90. The van der Waals surface area contributed by atoms with Gasteiger partial charge in [-0.2, -0.15) is 0 Å². The molecule has 2 fully saturated rings. The minimum Gasteiger partial charge on any atom is -0.495 e. The van der Waals surface area contributed by atoms with E-state index >= 15 is 0 Å². The molecule has 1 unspecified atom stereocenters. The van der Waals surface area contributed by atoms with Crippen LogP contribution in [-0.2, 0) is 16.4 Å². The number of likely N-dealkylation sites (tertiary alicyclic amines) is 1. The van der Waals surface area contributed by atoms with Gasteiger partial charge < -0.3 is 4.74 Å². The van der Waals surface area contributed by atoms with E-state index in [1.165, 1.54) is 0 Å². The Balaban J connectivity index is 1.66. The summed E-state index contributed by atoms with van der Waals surface area (Å²) >= 11 is 0. The minimum atomic E-state index is -2.82. The van der Waals surface area contributed by atoms with Gasteiger partial charge in [0.05, 0.1) is 30.5 Å². The Morgan fingerprint density at radius 2 is 2.24 bits per heavy atom. The topological polar surface area (TPSA) is 59.5 Å². The Morgan fingerprint density at radius 1 is 1.38 bits per heavy atom. The lowest BCUT2D eigenvalue weighted by Crippen LogP contribution is -2.43. The number of hydrogen-bond donors (Lipinski definition) is 0. The molecule has 3 rings (SSSR count). The van der Waals surface area contributed by atoms with Crippen LogP contribution in [0.25, 0.3) is 0 Å². The van der Waals surface area contributed by atoms with Gasteiger partial charge in [0.2, 0.25) is 0 Å². The van der Waals surface area contributed by atoms with E-state index in [0.29, 0.717) is 11.5 Å². The van der Waals surface area contributed by atoms with Crippen LogP contribution < -0.4 is 4.74 Å². The number of ether oxygens (including phenoxy) is 1. The van der Waals surface area contributed by atoms with Gasteiger partial charge in [0.25, 0.3) is 0 Å². The van der Waals surface area contributed by atoms with Gasteiger partial charge in [0.15, 0.2) is 9.84 Å². The molecule has 1 atom stereocenters. The first kappa shape index (κ1) is 14.8. The summed E-state index contributed by atoms with van der Waals surface area (Å²) in [5.74, 6) is 1.49. The molecule has 2 aliphatic rings. The van der Waals surface area contributed by atoms with Crippen LogP contribution in [0.5, 0.6) is 5.75 Å². The highest BCUT2D eigenvalue weighted by Crippen LogP contribution is 2.40. The van der Waals surface area contributed by atoms with Crippen molar-refractivity contribution in [3.8, 4) is 5.75 Å². The van der Waals surface area contributed by atoms with E-state index < -0.39 is 9.84 Å². The lowest BCUT2D eigenvalue weighted by atomic mass is 9.79. The molecule has 2 aliphatic heterocycles. The van der Waals surface area contributed by atoms with E-state index in [4.69, 9.17) is 4.74 Å². The zero-order valence-corrected chi connectivity index (χ0v) is 13.2. The first-order valence-corrected chi connectivity index (χ1v) is 9.24. The molecule has 0 aliphatic carbocycles. The van der Waals surface area contributed by atoms with E-state index in [1.807, 2.05) is 12.1 Å². The van der Waals surface area contributed by atoms with Crippen molar-refractivity contribution in [2.45, 2.75) is 25.8 Å². The molecule has 0 bridgehead atoms. The van der Waals surface area contributed by atoms with E-state index in [-0.39, 0.29) is 5.41 Å². The standard InChI is InChI=1S/C15H22N2O3S/c1-20-14-4-3-13(16-9-14)10-17-7-2-5-15(11-17)6-8-21(18,19)12-15/h3-4,9H,2,5-8,10-12H2,1H3. The number of pyridine rings is 1. The van der Waals surface area contributed by atoms with Gasteiger partial charge in [-0.05, 0) is 43.4 Å². The number of sulfone groups is 1. The molecule has 0 amide bonds. The second-order valence-corrected chi connectivity index (χ2v) is 8.53. The third-order valence-electron chi connectivity index (χ3n) is 4.63. The highest BCUT2D eigenvalue weighted by Gasteiger charge is 2.44. The monoisotopic (exact) mass is 310 g/mol. The van der Waals surface area contributed by atoms with Crippen molar-refractivity contribution in [3.63, 3.8) is 0 Å². The van der Waals surface area contributed by atoms with Crippen molar-refractivity contribution in [2.24, 2.45) is 5.41 Å². The summed E-state index contributed by atoms with van der Waals surface area (Å²) in [5, 5.41) is 0. The fourth-order valence-corrected chi connectivity index (χ4v) is 5.81. The summed E-state index contributed by atoms with van der Waals surface area (Å²) in [6.45, 7) is 2.68. The Kier molecular flexibility index (Phi) is 3.92. The van der Waals surface area contributed by atoms with Crippen molar-refractivity contribution in [1.82, 2.24) is 9.88 Å². The predicted molar refractivity (Wildman–Crippen MR) is 81.0 cm³/mol. The highest BCUT2D eigenvalue weighted by molar-refractivity contribution is 7.91. The van der Waals surface area contributed by atoms with Crippen LogP contribution in [0.15, 0.2) is 18.3 Å². The molecule has 1 aromatic heterocycles. The summed E-state index contributed by atoms with van der Waals surface area (Å²) in [5.41, 5.74) is 0.998. The molecule has 21 heavy (non-hydrogen) atoms. The molecule has 0 N–H and O–H groups in total. The molecule has 3 heterocycles. The Labute approximate surface area is 126 Å². The van der Waals surface area contributed by atoms with Crippen LogP contribution in [-0.4, -0.2) is 50.0 Å².